The third kappa shape index (κ3) is 3.45. The number of carbonyl (C=O) groups is 2. The Hall–Kier alpha value is -2.29. The first-order chi connectivity index (χ1) is 11.4. The molecule has 1 atom stereocenters. The molecule has 0 bridgehead atoms. The van der Waals surface area contributed by atoms with E-state index in [1.165, 1.54) is 17.7 Å². The maximum Gasteiger partial charge on any atom is 0.273 e. The summed E-state index contributed by atoms with van der Waals surface area (Å²) >= 11 is 1.43. The zero-order valence-corrected chi connectivity index (χ0v) is 14.7. The quantitative estimate of drug-likeness (QED) is 0.887. The van der Waals surface area contributed by atoms with E-state index in [9.17, 15) is 9.59 Å². The van der Waals surface area contributed by atoms with E-state index < -0.39 is 0 Å². The van der Waals surface area contributed by atoms with Crippen molar-refractivity contribution in [3.8, 4) is 0 Å². The van der Waals surface area contributed by atoms with Gasteiger partial charge in [0.05, 0.1) is 24.0 Å². The standard InChI is InChI=1S/C15H20N6O2S/c1-9(2)18-14(22)11-4-20(6-13-16-8-17-21(13)5-11)15(23)12-7-24-10(3)19-12/h7-9,11H,4-6H2,1-3H3,(H,18,22). The molecule has 0 radical (unpaired) electrons. The maximum atomic E-state index is 12.8. The molecule has 1 aliphatic rings. The van der Waals surface area contributed by atoms with Crippen LogP contribution in [0.15, 0.2) is 11.7 Å². The summed E-state index contributed by atoms with van der Waals surface area (Å²) in [6, 6.07) is 0.0429. The molecule has 0 saturated heterocycles. The Bertz CT molecular complexity index is 753. The largest absolute Gasteiger partial charge is 0.354 e. The van der Waals surface area contributed by atoms with Crippen LogP contribution in [0.25, 0.3) is 0 Å². The Morgan fingerprint density at radius 1 is 1.38 bits per heavy atom. The van der Waals surface area contributed by atoms with E-state index in [2.05, 4.69) is 20.4 Å². The van der Waals surface area contributed by atoms with Gasteiger partial charge in [-0.1, -0.05) is 0 Å². The van der Waals surface area contributed by atoms with Crippen LogP contribution >= 0.6 is 11.3 Å². The van der Waals surface area contributed by atoms with Gasteiger partial charge in [-0.3, -0.25) is 9.59 Å². The van der Waals surface area contributed by atoms with Gasteiger partial charge in [0.1, 0.15) is 17.8 Å². The molecule has 128 valence electrons. The summed E-state index contributed by atoms with van der Waals surface area (Å²) in [7, 11) is 0. The molecule has 0 fully saturated rings. The number of hydrogen-bond acceptors (Lipinski definition) is 6. The van der Waals surface area contributed by atoms with Crippen molar-refractivity contribution in [3.63, 3.8) is 0 Å². The van der Waals surface area contributed by atoms with Gasteiger partial charge in [0.2, 0.25) is 5.91 Å². The second kappa shape index (κ2) is 6.68. The van der Waals surface area contributed by atoms with E-state index in [0.717, 1.165) is 5.01 Å². The minimum Gasteiger partial charge on any atom is -0.354 e. The topological polar surface area (TPSA) is 93.0 Å². The SMILES string of the molecule is Cc1nc(C(=O)N2Cc3ncnn3CC(C(=O)NC(C)C)C2)cs1. The summed E-state index contributed by atoms with van der Waals surface area (Å²) in [6.07, 6.45) is 1.45. The molecule has 3 rings (SSSR count). The molecular weight excluding hydrogens is 328 g/mol. The van der Waals surface area contributed by atoms with Crippen LogP contribution in [0.2, 0.25) is 0 Å². The van der Waals surface area contributed by atoms with Crippen molar-refractivity contribution in [1.29, 1.82) is 0 Å². The van der Waals surface area contributed by atoms with Gasteiger partial charge in [-0.05, 0) is 20.8 Å². The van der Waals surface area contributed by atoms with Crippen molar-refractivity contribution in [2.75, 3.05) is 6.54 Å². The van der Waals surface area contributed by atoms with Crippen LogP contribution in [0.4, 0.5) is 0 Å². The van der Waals surface area contributed by atoms with Crippen molar-refractivity contribution in [3.05, 3.63) is 28.2 Å². The lowest BCUT2D eigenvalue weighted by Gasteiger charge is -2.23. The summed E-state index contributed by atoms with van der Waals surface area (Å²) in [4.78, 5) is 35.4. The van der Waals surface area contributed by atoms with E-state index in [1.54, 1.807) is 15.0 Å². The fourth-order valence-corrected chi connectivity index (χ4v) is 3.26. The Balaban J connectivity index is 1.86. The Labute approximate surface area is 143 Å². The minimum atomic E-state index is -0.376. The first-order valence-electron chi connectivity index (χ1n) is 7.82. The van der Waals surface area contributed by atoms with Crippen LogP contribution in [0, 0.1) is 12.8 Å². The average molecular weight is 348 g/mol. The third-order valence-electron chi connectivity index (χ3n) is 3.79. The number of fused-ring (bicyclic) bond motifs is 1. The van der Waals surface area contributed by atoms with Gasteiger partial charge in [0.25, 0.3) is 5.91 Å². The molecule has 2 aromatic rings. The lowest BCUT2D eigenvalue weighted by molar-refractivity contribution is -0.126. The highest BCUT2D eigenvalue weighted by molar-refractivity contribution is 7.09. The maximum absolute atomic E-state index is 12.8. The van der Waals surface area contributed by atoms with Crippen LogP contribution in [0.3, 0.4) is 0 Å². The van der Waals surface area contributed by atoms with Crippen LogP contribution in [0.1, 0.15) is 35.2 Å². The van der Waals surface area contributed by atoms with Gasteiger partial charge in [-0.2, -0.15) is 5.10 Å². The van der Waals surface area contributed by atoms with E-state index in [4.69, 9.17) is 0 Å². The molecule has 8 nitrogen and oxygen atoms in total. The second-order valence-electron chi connectivity index (χ2n) is 6.16. The fourth-order valence-electron chi connectivity index (χ4n) is 2.68. The minimum absolute atomic E-state index is 0.0429. The fraction of sp³-hybridized carbons (Fsp3) is 0.533. The normalized spacial score (nSPS) is 17.5. The summed E-state index contributed by atoms with van der Waals surface area (Å²) in [5.41, 5.74) is 0.411. The van der Waals surface area contributed by atoms with Crippen molar-refractivity contribution < 1.29 is 9.59 Å². The van der Waals surface area contributed by atoms with Gasteiger partial charge in [0.15, 0.2) is 0 Å². The van der Waals surface area contributed by atoms with Gasteiger partial charge in [-0.25, -0.2) is 14.6 Å². The van der Waals surface area contributed by atoms with Gasteiger partial charge in [0, 0.05) is 18.0 Å². The molecule has 1 N–H and O–H groups in total. The van der Waals surface area contributed by atoms with Crippen LogP contribution < -0.4 is 5.32 Å². The van der Waals surface area contributed by atoms with Crippen molar-refractivity contribution in [1.82, 2.24) is 30.0 Å². The second-order valence-corrected chi connectivity index (χ2v) is 7.22. The molecule has 1 unspecified atom stereocenters. The molecule has 9 heteroatoms. The molecule has 1 aliphatic heterocycles. The van der Waals surface area contributed by atoms with Gasteiger partial charge in [-0.15, -0.1) is 11.3 Å². The summed E-state index contributed by atoms with van der Waals surface area (Å²) in [6.45, 7) is 6.74. The summed E-state index contributed by atoms with van der Waals surface area (Å²) in [5.74, 6) is 0.0351. The molecular formula is C15H20N6O2S. The van der Waals surface area contributed by atoms with Crippen LogP contribution in [0.5, 0.6) is 0 Å². The highest BCUT2D eigenvalue weighted by Gasteiger charge is 2.31. The highest BCUT2D eigenvalue weighted by atomic mass is 32.1. The van der Waals surface area contributed by atoms with E-state index in [1.807, 2.05) is 20.8 Å². The van der Waals surface area contributed by atoms with Gasteiger partial charge < -0.3 is 10.2 Å². The van der Waals surface area contributed by atoms with Crippen molar-refractivity contribution in [2.24, 2.45) is 5.92 Å². The van der Waals surface area contributed by atoms with Crippen molar-refractivity contribution >= 4 is 23.2 Å². The van der Waals surface area contributed by atoms with Crippen LogP contribution in [-0.4, -0.2) is 49.0 Å². The number of hydrogen-bond donors (Lipinski definition) is 1. The smallest absolute Gasteiger partial charge is 0.273 e. The monoisotopic (exact) mass is 348 g/mol. The zero-order valence-electron chi connectivity index (χ0n) is 13.9. The number of amides is 2. The van der Waals surface area contributed by atoms with E-state index in [0.29, 0.717) is 31.2 Å². The Morgan fingerprint density at radius 3 is 2.83 bits per heavy atom. The van der Waals surface area contributed by atoms with Gasteiger partial charge >= 0.3 is 0 Å². The number of rotatable bonds is 3. The lowest BCUT2D eigenvalue weighted by Crippen LogP contribution is -2.43. The number of nitrogens with zero attached hydrogens (tertiary/aromatic N) is 5. The average Bonchev–Trinajstić information content (AvgIpc) is 3.09. The summed E-state index contributed by atoms with van der Waals surface area (Å²) < 4.78 is 1.70. The first-order valence-corrected chi connectivity index (χ1v) is 8.70. The predicted molar refractivity (Wildman–Crippen MR) is 88.4 cm³/mol. The van der Waals surface area contributed by atoms with E-state index >= 15 is 0 Å². The molecule has 0 aliphatic carbocycles. The first kappa shape index (κ1) is 16.6. The third-order valence-corrected chi connectivity index (χ3v) is 4.56. The molecule has 0 spiro atoms. The van der Waals surface area contributed by atoms with Crippen LogP contribution in [-0.2, 0) is 17.9 Å². The molecule has 3 heterocycles. The molecule has 0 aromatic carbocycles. The summed E-state index contributed by atoms with van der Waals surface area (Å²) in [5, 5.41) is 9.67. The number of aryl methyl sites for hydroxylation is 1. The van der Waals surface area contributed by atoms with E-state index in [-0.39, 0.29) is 23.8 Å². The number of nitrogens with one attached hydrogen (secondary N) is 1. The number of carbonyl (C=O) groups excluding carboxylic acids is 2. The zero-order chi connectivity index (χ0) is 17.3. The molecule has 24 heavy (non-hydrogen) atoms. The highest BCUT2D eigenvalue weighted by Crippen LogP contribution is 2.18. The lowest BCUT2D eigenvalue weighted by atomic mass is 10.1. The number of aromatic nitrogens is 4. The van der Waals surface area contributed by atoms with Crippen molar-refractivity contribution in [2.45, 2.75) is 39.9 Å². The Kier molecular flexibility index (Phi) is 4.61. The predicted octanol–water partition coefficient (Wildman–Crippen LogP) is 0.840. The number of thiazole rings is 1. The Morgan fingerprint density at radius 2 is 2.17 bits per heavy atom. The molecule has 2 aromatic heterocycles. The molecule has 0 saturated carbocycles. The molecule has 2 amide bonds.